The third-order valence-corrected chi connectivity index (χ3v) is 8.84. The van der Waals surface area contributed by atoms with E-state index in [2.05, 4.69) is 72.3 Å². The van der Waals surface area contributed by atoms with E-state index in [4.69, 9.17) is 18.9 Å². The highest BCUT2D eigenvalue weighted by Crippen LogP contribution is 2.32. The van der Waals surface area contributed by atoms with Gasteiger partial charge in [-0.1, -0.05) is 98.1 Å². The summed E-state index contributed by atoms with van der Waals surface area (Å²) in [5.74, 6) is 1.42. The van der Waals surface area contributed by atoms with Gasteiger partial charge in [-0.05, 0) is 138 Å². The molecule has 0 aliphatic carbocycles. The fraction of sp³-hybridized carbons (Fsp3) is 0.375. The summed E-state index contributed by atoms with van der Waals surface area (Å²) >= 11 is 0. The van der Waals surface area contributed by atoms with Crippen LogP contribution in [0.25, 0.3) is 12.2 Å². The summed E-state index contributed by atoms with van der Waals surface area (Å²) in [5.41, 5.74) is 4.83. The molecule has 2 atom stereocenters. The largest absolute Gasteiger partial charge is 0.494 e. The number of ether oxygens (including phenoxy) is 4. The Balaban J connectivity index is 1.46. The monoisotopic (exact) mass is 760 g/mol. The van der Waals surface area contributed by atoms with Crippen molar-refractivity contribution < 1.29 is 28.5 Å². The summed E-state index contributed by atoms with van der Waals surface area (Å²) in [6.45, 7) is 19.6. The van der Waals surface area contributed by atoms with E-state index < -0.39 is 35.5 Å². The lowest BCUT2D eigenvalue weighted by Crippen LogP contribution is -2.44. The second-order valence-corrected chi connectivity index (χ2v) is 15.9. The van der Waals surface area contributed by atoms with Gasteiger partial charge in [0, 0.05) is 0 Å². The van der Waals surface area contributed by atoms with Gasteiger partial charge < -0.3 is 29.6 Å². The first kappa shape index (κ1) is 43.2. The van der Waals surface area contributed by atoms with Crippen LogP contribution in [0.1, 0.15) is 113 Å². The normalized spacial score (nSPS) is 12.5. The van der Waals surface area contributed by atoms with E-state index in [1.807, 2.05) is 102 Å². The Bertz CT molecular complexity index is 1680. The van der Waals surface area contributed by atoms with Crippen LogP contribution in [0.4, 0.5) is 9.59 Å². The van der Waals surface area contributed by atoms with Crippen molar-refractivity contribution in [3.63, 3.8) is 0 Å². The molecule has 56 heavy (non-hydrogen) atoms. The molecule has 0 saturated heterocycles. The van der Waals surface area contributed by atoms with E-state index >= 15 is 0 Å². The Hall–Kier alpha value is -5.50. The first-order valence-electron chi connectivity index (χ1n) is 19.6. The molecule has 0 saturated carbocycles. The van der Waals surface area contributed by atoms with E-state index in [0.29, 0.717) is 24.7 Å². The van der Waals surface area contributed by atoms with Crippen LogP contribution in [0.3, 0.4) is 0 Å². The van der Waals surface area contributed by atoms with Gasteiger partial charge in [0.05, 0.1) is 25.3 Å². The molecular formula is C48H60N2O6. The van der Waals surface area contributed by atoms with Gasteiger partial charge in [0.2, 0.25) is 0 Å². The average molecular weight is 761 g/mol. The first-order valence-corrected chi connectivity index (χ1v) is 19.6. The molecule has 0 bridgehead atoms. The van der Waals surface area contributed by atoms with Crippen molar-refractivity contribution >= 4 is 24.3 Å². The van der Waals surface area contributed by atoms with Gasteiger partial charge in [-0.2, -0.15) is 0 Å². The predicted molar refractivity (Wildman–Crippen MR) is 227 cm³/mol. The van der Waals surface area contributed by atoms with Gasteiger partial charge in [-0.25, -0.2) is 9.59 Å². The van der Waals surface area contributed by atoms with Crippen molar-refractivity contribution in [1.29, 1.82) is 0 Å². The molecule has 298 valence electrons. The van der Waals surface area contributed by atoms with Crippen molar-refractivity contribution in [2.75, 3.05) is 13.2 Å². The zero-order chi connectivity index (χ0) is 40.6. The summed E-state index contributed by atoms with van der Waals surface area (Å²) in [6, 6.07) is 30.5. The number of alkyl carbamates (subject to hydrolysis) is 2. The van der Waals surface area contributed by atoms with Gasteiger partial charge in [-0.15, -0.1) is 0 Å². The van der Waals surface area contributed by atoms with Gasteiger partial charge in [-0.3, -0.25) is 0 Å². The topological polar surface area (TPSA) is 95.1 Å². The van der Waals surface area contributed by atoms with Crippen LogP contribution in [0.15, 0.2) is 110 Å². The van der Waals surface area contributed by atoms with Gasteiger partial charge >= 0.3 is 12.2 Å². The van der Waals surface area contributed by atoms with E-state index in [1.165, 1.54) is 11.1 Å². The van der Waals surface area contributed by atoms with Crippen LogP contribution in [0.2, 0.25) is 0 Å². The molecule has 4 aromatic carbocycles. The number of hydrogen-bond acceptors (Lipinski definition) is 6. The lowest BCUT2D eigenvalue weighted by atomic mass is 9.93. The minimum atomic E-state index is -0.732. The van der Waals surface area contributed by atoms with Crippen molar-refractivity contribution in [2.45, 2.75) is 103 Å². The molecule has 2 amide bonds. The van der Waals surface area contributed by atoms with E-state index in [-0.39, 0.29) is 0 Å². The molecule has 8 heteroatoms. The summed E-state index contributed by atoms with van der Waals surface area (Å²) in [4.78, 5) is 26.6. The predicted octanol–water partition coefficient (Wildman–Crippen LogP) is 11.6. The van der Waals surface area contributed by atoms with Crippen molar-refractivity contribution in [2.24, 2.45) is 0 Å². The molecule has 2 N–H and O–H groups in total. The Morgan fingerprint density at radius 3 is 1.18 bits per heavy atom. The second-order valence-electron chi connectivity index (χ2n) is 15.9. The lowest BCUT2D eigenvalue weighted by molar-refractivity contribution is 0.0427. The summed E-state index contributed by atoms with van der Waals surface area (Å²) < 4.78 is 23.5. The third kappa shape index (κ3) is 15.3. The fourth-order valence-electron chi connectivity index (χ4n) is 6.01. The standard InChI is InChI=1S/C48H60N2O6/c1-9-35-17-21-37(22-18-35)15-11-13-33-53-41-29-25-39(26-30-41)43(49-45(51)55-47(3,4)5)44(50-46(52)56-48(6,7)8)40-27-31-42(32-28-40)54-34-14-12-16-38-23-19-36(10-2)20-24-38/h9-10,17-32,43-44H,1-2,11-16,33-34H2,3-8H3,(H,49,51)(H,50,52)/t43-,44-/m0/s1. The van der Waals surface area contributed by atoms with E-state index in [9.17, 15) is 9.59 Å². The molecule has 8 nitrogen and oxygen atoms in total. The van der Waals surface area contributed by atoms with E-state index in [1.54, 1.807) is 0 Å². The average Bonchev–Trinajstić information content (AvgIpc) is 3.15. The zero-order valence-corrected chi connectivity index (χ0v) is 34.1. The fourth-order valence-corrected chi connectivity index (χ4v) is 6.01. The summed E-state index contributed by atoms with van der Waals surface area (Å²) in [6.07, 6.45) is 8.22. The number of carbonyl (C=O) groups excluding carboxylic acids is 2. The van der Waals surface area contributed by atoms with E-state index in [0.717, 1.165) is 60.8 Å². The molecule has 0 aliphatic heterocycles. The number of amides is 2. The quantitative estimate of drug-likeness (QED) is 0.0924. The molecule has 0 spiro atoms. The Morgan fingerprint density at radius 1 is 0.536 bits per heavy atom. The van der Waals surface area contributed by atoms with Crippen LogP contribution in [0, 0.1) is 0 Å². The smallest absolute Gasteiger partial charge is 0.408 e. The molecule has 0 fully saturated rings. The van der Waals surface area contributed by atoms with Gasteiger partial charge in [0.15, 0.2) is 0 Å². The van der Waals surface area contributed by atoms with Crippen LogP contribution in [0.5, 0.6) is 11.5 Å². The minimum absolute atomic E-state index is 0.574. The molecule has 0 aromatic heterocycles. The first-order chi connectivity index (χ1) is 26.7. The minimum Gasteiger partial charge on any atom is -0.494 e. The lowest BCUT2D eigenvalue weighted by Gasteiger charge is -2.32. The van der Waals surface area contributed by atoms with Crippen LogP contribution in [-0.4, -0.2) is 36.6 Å². The Labute approximate surface area is 334 Å². The molecular weight excluding hydrogens is 701 g/mol. The van der Waals surface area contributed by atoms with Crippen LogP contribution in [-0.2, 0) is 22.3 Å². The van der Waals surface area contributed by atoms with Crippen molar-refractivity contribution in [3.05, 3.63) is 144 Å². The van der Waals surface area contributed by atoms with Crippen molar-refractivity contribution in [3.8, 4) is 11.5 Å². The summed E-state index contributed by atoms with van der Waals surface area (Å²) in [5, 5.41) is 6.06. The molecule has 0 aliphatic rings. The number of aryl methyl sites for hydroxylation is 2. The molecule has 0 unspecified atom stereocenters. The number of nitrogens with one attached hydrogen (secondary N) is 2. The molecule has 0 heterocycles. The molecule has 0 radical (unpaired) electrons. The van der Waals surface area contributed by atoms with Gasteiger partial charge in [0.25, 0.3) is 0 Å². The maximum Gasteiger partial charge on any atom is 0.408 e. The van der Waals surface area contributed by atoms with Crippen LogP contribution >= 0.6 is 0 Å². The third-order valence-electron chi connectivity index (χ3n) is 8.84. The van der Waals surface area contributed by atoms with Gasteiger partial charge in [0.1, 0.15) is 22.7 Å². The highest BCUT2D eigenvalue weighted by molar-refractivity contribution is 5.71. The number of unbranched alkanes of at least 4 members (excludes halogenated alkanes) is 2. The number of rotatable bonds is 19. The Kier molecular flexibility index (Phi) is 16.2. The maximum absolute atomic E-state index is 13.3. The van der Waals surface area contributed by atoms with Crippen LogP contribution < -0.4 is 20.1 Å². The zero-order valence-electron chi connectivity index (χ0n) is 34.1. The van der Waals surface area contributed by atoms with Crippen molar-refractivity contribution in [1.82, 2.24) is 10.6 Å². The maximum atomic E-state index is 13.3. The number of carbonyl (C=O) groups is 2. The highest BCUT2D eigenvalue weighted by Gasteiger charge is 2.31. The SMILES string of the molecule is C=Cc1ccc(CCCCOc2ccc([C@H](NC(=O)OC(C)(C)C)[C@@H](NC(=O)OC(C)(C)C)c3ccc(OCCCCc4ccc(C=C)cc4)cc3)cc2)cc1. The number of hydrogen-bond donors (Lipinski definition) is 2. The molecule has 4 rings (SSSR count). The second kappa shape index (κ2) is 21.0. The molecule has 4 aromatic rings. The summed E-state index contributed by atoms with van der Waals surface area (Å²) in [7, 11) is 0. The highest BCUT2D eigenvalue weighted by atomic mass is 16.6. The Morgan fingerprint density at radius 2 is 0.875 bits per heavy atom. The number of benzene rings is 4.